The summed E-state index contributed by atoms with van der Waals surface area (Å²) in [6.45, 7) is 2.09. The molecule has 2 rings (SSSR count). The molecular weight excluding hydrogens is 144 g/mol. The van der Waals surface area contributed by atoms with E-state index in [-0.39, 0.29) is 0 Å². The van der Waals surface area contributed by atoms with Gasteiger partial charge in [0.15, 0.2) is 0 Å². The molecule has 0 saturated carbocycles. The summed E-state index contributed by atoms with van der Waals surface area (Å²) in [5, 5.41) is 0. The lowest BCUT2D eigenvalue weighted by Gasteiger charge is -2.10. The third-order valence-corrected chi connectivity index (χ3v) is 3.77. The van der Waals surface area contributed by atoms with Gasteiger partial charge in [0.1, 0.15) is 0 Å². The quantitative estimate of drug-likeness (QED) is 0.531. The van der Waals surface area contributed by atoms with Gasteiger partial charge in [0, 0.05) is 6.61 Å². The largest absolute Gasteiger partial charge is 0.381 e. The maximum atomic E-state index is 5.43. The number of hydrogen-bond donors (Lipinski definition) is 0. The van der Waals surface area contributed by atoms with Crippen molar-refractivity contribution in [1.82, 2.24) is 0 Å². The molecule has 2 unspecified atom stereocenters. The van der Waals surface area contributed by atoms with Gasteiger partial charge in [-0.05, 0) is 36.2 Å². The summed E-state index contributed by atoms with van der Waals surface area (Å²) >= 11 is 2.11. The summed E-state index contributed by atoms with van der Waals surface area (Å²) in [5.41, 5.74) is 0. The van der Waals surface area contributed by atoms with E-state index in [2.05, 4.69) is 11.8 Å². The molecule has 0 aliphatic carbocycles. The number of fused-ring (bicyclic) bond motifs is 1. The summed E-state index contributed by atoms with van der Waals surface area (Å²) < 4.78 is 5.43. The lowest BCUT2D eigenvalue weighted by molar-refractivity contribution is 0.180. The molecule has 0 radical (unpaired) electrons. The molecule has 0 bridgehead atoms. The maximum absolute atomic E-state index is 5.43. The minimum atomic E-state index is 0.896. The summed E-state index contributed by atoms with van der Waals surface area (Å²) in [6.07, 6.45) is 2.83. The number of ether oxygens (including phenoxy) is 1. The third-order valence-electron chi connectivity index (χ3n) is 2.53. The average Bonchev–Trinajstić information content (AvgIpc) is 2.28. The van der Waals surface area contributed by atoms with E-state index in [1.54, 1.807) is 0 Å². The van der Waals surface area contributed by atoms with Crippen LogP contribution < -0.4 is 0 Å². The molecule has 2 fully saturated rings. The van der Waals surface area contributed by atoms with Crippen molar-refractivity contribution in [3.63, 3.8) is 0 Å². The van der Waals surface area contributed by atoms with Gasteiger partial charge in [-0.3, -0.25) is 0 Å². The Morgan fingerprint density at radius 1 is 1.20 bits per heavy atom. The Kier molecular flexibility index (Phi) is 2.19. The van der Waals surface area contributed by atoms with Crippen molar-refractivity contribution in [3.05, 3.63) is 0 Å². The third kappa shape index (κ3) is 1.32. The minimum absolute atomic E-state index is 0.896. The van der Waals surface area contributed by atoms with Crippen LogP contribution in [-0.2, 0) is 4.74 Å². The highest BCUT2D eigenvalue weighted by Crippen LogP contribution is 2.31. The summed E-state index contributed by atoms with van der Waals surface area (Å²) in [6, 6.07) is 0. The van der Waals surface area contributed by atoms with Crippen molar-refractivity contribution >= 4 is 11.8 Å². The highest BCUT2D eigenvalue weighted by atomic mass is 32.2. The molecule has 2 heteroatoms. The normalized spacial score (nSPS) is 40.8. The van der Waals surface area contributed by atoms with Gasteiger partial charge in [0.25, 0.3) is 0 Å². The van der Waals surface area contributed by atoms with E-state index in [9.17, 15) is 0 Å². The van der Waals surface area contributed by atoms with Crippen LogP contribution >= 0.6 is 11.8 Å². The predicted molar refractivity (Wildman–Crippen MR) is 44.4 cm³/mol. The van der Waals surface area contributed by atoms with Gasteiger partial charge >= 0.3 is 0 Å². The first-order valence-electron chi connectivity index (χ1n) is 4.12. The molecule has 2 saturated heterocycles. The topological polar surface area (TPSA) is 9.23 Å². The second-order valence-electron chi connectivity index (χ2n) is 3.27. The van der Waals surface area contributed by atoms with Crippen LogP contribution in [0.25, 0.3) is 0 Å². The first-order valence-corrected chi connectivity index (χ1v) is 5.28. The Morgan fingerprint density at radius 3 is 3.10 bits per heavy atom. The van der Waals surface area contributed by atoms with Crippen LogP contribution in [0.15, 0.2) is 0 Å². The van der Waals surface area contributed by atoms with Gasteiger partial charge in [-0.25, -0.2) is 0 Å². The van der Waals surface area contributed by atoms with E-state index in [0.717, 1.165) is 25.0 Å². The van der Waals surface area contributed by atoms with Gasteiger partial charge in [-0.15, -0.1) is 0 Å². The van der Waals surface area contributed by atoms with E-state index < -0.39 is 0 Å². The molecule has 1 nitrogen and oxygen atoms in total. The van der Waals surface area contributed by atoms with Crippen molar-refractivity contribution in [2.24, 2.45) is 11.8 Å². The monoisotopic (exact) mass is 158 g/mol. The van der Waals surface area contributed by atoms with Gasteiger partial charge in [-0.2, -0.15) is 11.8 Å². The fraction of sp³-hybridized carbons (Fsp3) is 1.00. The summed E-state index contributed by atoms with van der Waals surface area (Å²) in [4.78, 5) is 0. The Morgan fingerprint density at radius 2 is 2.10 bits per heavy atom. The first kappa shape index (κ1) is 6.99. The molecule has 2 atom stereocenters. The second-order valence-corrected chi connectivity index (χ2v) is 4.42. The van der Waals surface area contributed by atoms with Crippen LogP contribution in [0, 0.1) is 11.8 Å². The zero-order valence-electron chi connectivity index (χ0n) is 6.21. The van der Waals surface area contributed by atoms with E-state index >= 15 is 0 Å². The molecular formula is C8H14OS. The molecule has 0 N–H and O–H groups in total. The molecule has 0 aromatic carbocycles. The molecule has 10 heavy (non-hydrogen) atoms. The van der Waals surface area contributed by atoms with Gasteiger partial charge in [0.2, 0.25) is 0 Å². The molecule has 2 aliphatic heterocycles. The number of hydrogen-bond acceptors (Lipinski definition) is 2. The van der Waals surface area contributed by atoms with Crippen LogP contribution in [0.4, 0.5) is 0 Å². The number of thioether (sulfide) groups is 1. The standard InChI is InChI=1S/C8H14OS/c1-2-7-4-9-5-8(7)6-10-3-1/h7-8H,1-6H2. The zero-order valence-corrected chi connectivity index (χ0v) is 7.03. The van der Waals surface area contributed by atoms with Gasteiger partial charge in [-0.1, -0.05) is 0 Å². The maximum Gasteiger partial charge on any atom is 0.0505 e. The lowest BCUT2D eigenvalue weighted by atomic mass is 9.94. The van der Waals surface area contributed by atoms with Crippen LogP contribution in [-0.4, -0.2) is 24.7 Å². The van der Waals surface area contributed by atoms with Crippen molar-refractivity contribution in [1.29, 1.82) is 0 Å². The highest BCUT2D eigenvalue weighted by Gasteiger charge is 2.28. The van der Waals surface area contributed by atoms with E-state index in [4.69, 9.17) is 4.74 Å². The van der Waals surface area contributed by atoms with E-state index in [0.29, 0.717) is 0 Å². The van der Waals surface area contributed by atoms with Gasteiger partial charge < -0.3 is 4.74 Å². The fourth-order valence-corrected chi connectivity index (χ4v) is 3.04. The molecule has 0 spiro atoms. The first-order chi connectivity index (χ1) is 4.97. The molecule has 58 valence electrons. The van der Waals surface area contributed by atoms with E-state index in [1.165, 1.54) is 24.3 Å². The summed E-state index contributed by atoms with van der Waals surface area (Å²) in [7, 11) is 0. The molecule has 2 aliphatic rings. The molecule has 2 heterocycles. The van der Waals surface area contributed by atoms with Crippen LogP contribution in [0.1, 0.15) is 12.8 Å². The average molecular weight is 158 g/mol. The predicted octanol–water partition coefficient (Wildman–Crippen LogP) is 1.78. The lowest BCUT2D eigenvalue weighted by Crippen LogP contribution is -2.12. The summed E-state index contributed by atoms with van der Waals surface area (Å²) in [5.74, 6) is 4.54. The highest BCUT2D eigenvalue weighted by molar-refractivity contribution is 7.99. The Hall–Kier alpha value is 0.310. The minimum Gasteiger partial charge on any atom is -0.381 e. The Bertz CT molecular complexity index is 104. The zero-order chi connectivity index (χ0) is 6.81. The van der Waals surface area contributed by atoms with Gasteiger partial charge in [0.05, 0.1) is 6.61 Å². The Balaban J connectivity index is 1.95. The SMILES string of the molecule is C1CSCC2COCC2C1. The molecule has 0 amide bonds. The van der Waals surface area contributed by atoms with Crippen LogP contribution in [0.2, 0.25) is 0 Å². The second kappa shape index (κ2) is 3.14. The van der Waals surface area contributed by atoms with Crippen LogP contribution in [0.5, 0.6) is 0 Å². The molecule has 0 aromatic heterocycles. The van der Waals surface area contributed by atoms with Crippen LogP contribution in [0.3, 0.4) is 0 Å². The Labute approximate surface area is 66.5 Å². The molecule has 0 aromatic rings. The number of rotatable bonds is 0. The van der Waals surface area contributed by atoms with Crippen molar-refractivity contribution < 1.29 is 4.74 Å². The smallest absolute Gasteiger partial charge is 0.0505 e. The fourth-order valence-electron chi connectivity index (χ4n) is 1.83. The van der Waals surface area contributed by atoms with Crippen molar-refractivity contribution in [2.75, 3.05) is 24.7 Å². The van der Waals surface area contributed by atoms with Crippen molar-refractivity contribution in [2.45, 2.75) is 12.8 Å². The van der Waals surface area contributed by atoms with Crippen molar-refractivity contribution in [3.8, 4) is 0 Å². The van der Waals surface area contributed by atoms with E-state index in [1.807, 2.05) is 0 Å².